The van der Waals surface area contributed by atoms with Gasteiger partial charge in [-0.25, -0.2) is 0 Å². The Bertz CT molecular complexity index is 354. The minimum atomic E-state index is 0.247. The van der Waals surface area contributed by atoms with Gasteiger partial charge >= 0.3 is 0 Å². The zero-order valence-electron chi connectivity index (χ0n) is 12.7. The highest BCUT2D eigenvalue weighted by atomic mass is 16.3. The van der Waals surface area contributed by atoms with Gasteiger partial charge in [-0.2, -0.15) is 0 Å². The minimum Gasteiger partial charge on any atom is -0.396 e. The number of aliphatic hydroxyl groups excluding tert-OH is 1. The number of allylic oxidation sites excluding steroid dienone is 2. The van der Waals surface area contributed by atoms with Gasteiger partial charge in [-0.1, -0.05) is 6.08 Å². The summed E-state index contributed by atoms with van der Waals surface area (Å²) in [6, 6.07) is 0.488. The lowest BCUT2D eigenvalue weighted by Crippen LogP contribution is -2.41. The van der Waals surface area contributed by atoms with Crippen molar-refractivity contribution in [1.29, 1.82) is 0 Å². The highest BCUT2D eigenvalue weighted by Gasteiger charge is 2.28. The Kier molecular flexibility index (Phi) is 6.05. The molecule has 0 aromatic carbocycles. The van der Waals surface area contributed by atoms with Gasteiger partial charge in [-0.3, -0.25) is 9.69 Å². The highest BCUT2D eigenvalue weighted by Crippen LogP contribution is 2.24. The lowest BCUT2D eigenvalue weighted by atomic mass is 10.1. The van der Waals surface area contributed by atoms with Gasteiger partial charge in [0.1, 0.15) is 0 Å². The van der Waals surface area contributed by atoms with Crippen LogP contribution in [-0.4, -0.2) is 53.1 Å². The summed E-state index contributed by atoms with van der Waals surface area (Å²) in [5, 5.41) is 8.96. The van der Waals surface area contributed by atoms with E-state index >= 15 is 0 Å². The zero-order valence-corrected chi connectivity index (χ0v) is 12.7. The number of carbonyl (C=O) groups excluding carboxylic acids is 1. The molecule has 2 aliphatic rings. The normalized spacial score (nSPS) is 23.1. The quantitative estimate of drug-likeness (QED) is 0.777. The summed E-state index contributed by atoms with van der Waals surface area (Å²) in [6.45, 7) is 4.66. The molecule has 2 rings (SSSR count). The van der Waals surface area contributed by atoms with Crippen molar-refractivity contribution >= 4 is 5.91 Å². The van der Waals surface area contributed by atoms with Crippen LogP contribution >= 0.6 is 0 Å². The van der Waals surface area contributed by atoms with E-state index in [-0.39, 0.29) is 12.5 Å². The van der Waals surface area contributed by atoms with Crippen LogP contribution in [0.5, 0.6) is 0 Å². The third-order valence-corrected chi connectivity index (χ3v) is 4.51. The first kappa shape index (κ1) is 15.5. The molecule has 1 amide bonds. The lowest BCUT2D eigenvalue weighted by molar-refractivity contribution is -0.130. The number of nitrogens with zero attached hydrogens (tertiary/aromatic N) is 2. The van der Waals surface area contributed by atoms with E-state index in [0.29, 0.717) is 12.6 Å². The van der Waals surface area contributed by atoms with Gasteiger partial charge in [0.2, 0.25) is 5.91 Å². The maximum atomic E-state index is 12.5. The number of likely N-dealkylation sites (N-methyl/N-ethyl adjacent to an activating group) is 1. The Labute approximate surface area is 122 Å². The lowest BCUT2D eigenvalue weighted by Gasteiger charge is -2.28. The van der Waals surface area contributed by atoms with Crippen LogP contribution in [0.25, 0.3) is 0 Å². The average Bonchev–Trinajstić information content (AvgIpc) is 3.09. The van der Waals surface area contributed by atoms with Crippen LogP contribution in [0.1, 0.15) is 51.9 Å². The summed E-state index contributed by atoms with van der Waals surface area (Å²) in [6.07, 6.45) is 9.77. The topological polar surface area (TPSA) is 43.8 Å². The molecule has 1 unspecified atom stereocenters. The summed E-state index contributed by atoms with van der Waals surface area (Å²) >= 11 is 0. The molecule has 0 aromatic heterocycles. The summed E-state index contributed by atoms with van der Waals surface area (Å²) in [4.78, 5) is 16.8. The summed E-state index contributed by atoms with van der Waals surface area (Å²) in [5.41, 5.74) is 1.23. The molecule has 114 valence electrons. The number of carbonyl (C=O) groups is 1. The summed E-state index contributed by atoms with van der Waals surface area (Å²) in [5.74, 6) is 0.247. The van der Waals surface area contributed by atoms with Crippen molar-refractivity contribution in [1.82, 2.24) is 9.80 Å². The van der Waals surface area contributed by atoms with Crippen LogP contribution in [0.3, 0.4) is 0 Å². The van der Waals surface area contributed by atoms with E-state index in [2.05, 4.69) is 17.9 Å². The predicted octanol–water partition coefficient (Wildman–Crippen LogP) is 2.14. The Hall–Kier alpha value is -0.870. The van der Waals surface area contributed by atoms with Crippen LogP contribution in [0.15, 0.2) is 11.8 Å². The number of amides is 1. The molecule has 1 heterocycles. The maximum absolute atomic E-state index is 12.5. The Morgan fingerprint density at radius 3 is 3.00 bits per heavy atom. The fraction of sp³-hybridized carbons (Fsp3) is 0.812. The maximum Gasteiger partial charge on any atom is 0.240 e. The number of aliphatic hydroxyl groups is 1. The molecule has 1 aliphatic carbocycles. The van der Waals surface area contributed by atoms with E-state index in [4.69, 9.17) is 5.11 Å². The monoisotopic (exact) mass is 280 g/mol. The van der Waals surface area contributed by atoms with Crippen molar-refractivity contribution in [3.8, 4) is 0 Å². The molecule has 20 heavy (non-hydrogen) atoms. The number of rotatable bonds is 7. The molecule has 0 aromatic rings. The van der Waals surface area contributed by atoms with E-state index in [1.165, 1.54) is 25.0 Å². The van der Waals surface area contributed by atoms with Crippen molar-refractivity contribution in [2.75, 3.05) is 26.2 Å². The number of likely N-dealkylation sites (tertiary alicyclic amines) is 1. The fourth-order valence-electron chi connectivity index (χ4n) is 3.45. The molecule has 4 heteroatoms. The second-order valence-electron chi connectivity index (χ2n) is 5.86. The van der Waals surface area contributed by atoms with Crippen molar-refractivity contribution in [3.05, 3.63) is 11.8 Å². The van der Waals surface area contributed by atoms with E-state index in [1.54, 1.807) is 0 Å². The molecule has 1 aliphatic heterocycles. The number of hydrogen-bond donors (Lipinski definition) is 1. The second-order valence-corrected chi connectivity index (χ2v) is 5.86. The van der Waals surface area contributed by atoms with E-state index in [1.807, 2.05) is 4.90 Å². The Morgan fingerprint density at radius 2 is 2.35 bits per heavy atom. The van der Waals surface area contributed by atoms with Crippen LogP contribution in [0, 0.1) is 0 Å². The molecular weight excluding hydrogens is 252 g/mol. The zero-order chi connectivity index (χ0) is 14.4. The highest BCUT2D eigenvalue weighted by molar-refractivity contribution is 5.80. The van der Waals surface area contributed by atoms with Crippen molar-refractivity contribution in [2.24, 2.45) is 0 Å². The summed E-state index contributed by atoms with van der Waals surface area (Å²) in [7, 11) is 0. The van der Waals surface area contributed by atoms with Gasteiger partial charge < -0.3 is 10.0 Å². The second kappa shape index (κ2) is 7.79. The molecule has 1 saturated heterocycles. The Balaban J connectivity index is 1.88. The molecule has 4 nitrogen and oxygen atoms in total. The van der Waals surface area contributed by atoms with Gasteiger partial charge in [0.25, 0.3) is 0 Å². The van der Waals surface area contributed by atoms with Crippen LogP contribution in [0.2, 0.25) is 0 Å². The minimum absolute atomic E-state index is 0.247. The van der Waals surface area contributed by atoms with Crippen LogP contribution in [-0.2, 0) is 4.79 Å². The summed E-state index contributed by atoms with van der Waals surface area (Å²) < 4.78 is 0. The van der Waals surface area contributed by atoms with Gasteiger partial charge in [0, 0.05) is 24.9 Å². The SMILES string of the molecule is CCN(C(=O)CN1CCCC1CCCO)C1=CCCC1. The molecular formula is C16H28N2O2. The fourth-order valence-corrected chi connectivity index (χ4v) is 3.45. The first-order valence-electron chi connectivity index (χ1n) is 8.10. The van der Waals surface area contributed by atoms with Gasteiger partial charge in [0.05, 0.1) is 6.54 Å². The van der Waals surface area contributed by atoms with Crippen molar-refractivity contribution in [2.45, 2.75) is 57.9 Å². The van der Waals surface area contributed by atoms with Crippen LogP contribution < -0.4 is 0 Å². The Morgan fingerprint density at radius 1 is 1.50 bits per heavy atom. The van der Waals surface area contributed by atoms with Gasteiger partial charge in [-0.05, 0) is 58.4 Å². The largest absolute Gasteiger partial charge is 0.396 e. The van der Waals surface area contributed by atoms with E-state index in [0.717, 1.165) is 38.8 Å². The van der Waals surface area contributed by atoms with Crippen molar-refractivity contribution < 1.29 is 9.90 Å². The van der Waals surface area contributed by atoms with Crippen molar-refractivity contribution in [3.63, 3.8) is 0 Å². The molecule has 0 radical (unpaired) electrons. The smallest absolute Gasteiger partial charge is 0.240 e. The predicted molar refractivity (Wildman–Crippen MR) is 80.2 cm³/mol. The third-order valence-electron chi connectivity index (χ3n) is 4.51. The standard InChI is InChI=1S/C16H28N2O2/c1-2-18(15-7-3-4-8-15)16(20)13-17-11-5-9-14(17)10-6-12-19/h7,14,19H,2-6,8-13H2,1H3. The van der Waals surface area contributed by atoms with Gasteiger partial charge in [-0.15, -0.1) is 0 Å². The van der Waals surface area contributed by atoms with Gasteiger partial charge in [0.15, 0.2) is 0 Å². The number of hydrogen-bond acceptors (Lipinski definition) is 3. The molecule has 0 bridgehead atoms. The van der Waals surface area contributed by atoms with Crippen LogP contribution in [0.4, 0.5) is 0 Å². The van der Waals surface area contributed by atoms with E-state index in [9.17, 15) is 4.79 Å². The molecule has 0 spiro atoms. The molecule has 1 atom stereocenters. The first-order chi connectivity index (χ1) is 9.76. The average molecular weight is 280 g/mol. The molecule has 1 N–H and O–H groups in total. The third kappa shape index (κ3) is 3.83. The molecule has 0 saturated carbocycles. The molecule has 1 fully saturated rings. The van der Waals surface area contributed by atoms with E-state index < -0.39 is 0 Å². The first-order valence-corrected chi connectivity index (χ1v) is 8.10.